The number of hydrogen-bond acceptors (Lipinski definition) is 3. The summed E-state index contributed by atoms with van der Waals surface area (Å²) >= 11 is 0. The maximum Gasteiger partial charge on any atom is 0.0667 e. The summed E-state index contributed by atoms with van der Waals surface area (Å²) in [6, 6.07) is 0.363. The SMILES string of the molecule is CCC(COC)NCC(O)CC(C)C. The van der Waals surface area contributed by atoms with Gasteiger partial charge in [-0.15, -0.1) is 0 Å². The van der Waals surface area contributed by atoms with E-state index in [9.17, 15) is 5.11 Å². The zero-order valence-corrected chi connectivity index (χ0v) is 9.92. The highest BCUT2D eigenvalue weighted by Gasteiger charge is 2.10. The molecule has 2 unspecified atom stereocenters. The van der Waals surface area contributed by atoms with Crippen LogP contribution in [0.1, 0.15) is 33.6 Å². The highest BCUT2D eigenvalue weighted by Crippen LogP contribution is 2.03. The Hall–Kier alpha value is -0.120. The predicted octanol–water partition coefficient (Wildman–Crippen LogP) is 1.41. The number of aliphatic hydroxyl groups excluding tert-OH is 1. The van der Waals surface area contributed by atoms with Crippen molar-refractivity contribution in [3.8, 4) is 0 Å². The van der Waals surface area contributed by atoms with Crippen LogP contribution in [-0.4, -0.2) is 37.5 Å². The molecule has 3 nitrogen and oxygen atoms in total. The lowest BCUT2D eigenvalue weighted by molar-refractivity contribution is 0.123. The number of rotatable bonds is 8. The Labute approximate surface area is 87.8 Å². The van der Waals surface area contributed by atoms with E-state index in [1.165, 1.54) is 0 Å². The topological polar surface area (TPSA) is 41.5 Å². The van der Waals surface area contributed by atoms with E-state index in [2.05, 4.69) is 26.1 Å². The molecule has 0 aromatic carbocycles. The summed E-state index contributed by atoms with van der Waals surface area (Å²) in [7, 11) is 1.70. The molecule has 3 heteroatoms. The van der Waals surface area contributed by atoms with Crippen LogP contribution in [-0.2, 0) is 4.74 Å². The standard InChI is InChI=1S/C11H25NO2/c1-5-10(8-14-4)12-7-11(13)6-9(2)3/h9-13H,5-8H2,1-4H3. The third kappa shape index (κ3) is 7.30. The minimum atomic E-state index is -0.235. The molecule has 0 heterocycles. The van der Waals surface area contributed by atoms with Crippen molar-refractivity contribution in [1.82, 2.24) is 5.32 Å². The Bertz CT molecular complexity index is 128. The molecule has 0 aliphatic carbocycles. The van der Waals surface area contributed by atoms with Gasteiger partial charge in [-0.1, -0.05) is 20.8 Å². The van der Waals surface area contributed by atoms with Crippen LogP contribution in [0.15, 0.2) is 0 Å². The van der Waals surface area contributed by atoms with Crippen molar-refractivity contribution in [3.05, 3.63) is 0 Å². The highest BCUT2D eigenvalue weighted by atomic mass is 16.5. The highest BCUT2D eigenvalue weighted by molar-refractivity contribution is 4.68. The normalized spacial score (nSPS) is 15.9. The molecule has 14 heavy (non-hydrogen) atoms. The molecule has 0 radical (unpaired) electrons. The first-order chi connectivity index (χ1) is 6.60. The summed E-state index contributed by atoms with van der Waals surface area (Å²) in [5.74, 6) is 0.550. The second-order valence-electron chi connectivity index (χ2n) is 4.25. The third-order valence-corrected chi connectivity index (χ3v) is 2.25. The Morgan fingerprint density at radius 1 is 1.36 bits per heavy atom. The molecule has 0 rings (SSSR count). The number of hydrogen-bond donors (Lipinski definition) is 2. The molecule has 0 bridgehead atoms. The lowest BCUT2D eigenvalue weighted by atomic mass is 10.1. The molecule has 0 aromatic heterocycles. The number of nitrogens with one attached hydrogen (secondary N) is 1. The van der Waals surface area contributed by atoms with Crippen molar-refractivity contribution < 1.29 is 9.84 Å². The van der Waals surface area contributed by atoms with Gasteiger partial charge in [0.2, 0.25) is 0 Å². The Kier molecular flexibility index (Phi) is 8.14. The van der Waals surface area contributed by atoms with Crippen LogP contribution in [0.4, 0.5) is 0 Å². The average molecular weight is 203 g/mol. The van der Waals surface area contributed by atoms with Gasteiger partial charge in [0.1, 0.15) is 0 Å². The fraction of sp³-hybridized carbons (Fsp3) is 1.00. The number of aliphatic hydroxyl groups is 1. The second-order valence-corrected chi connectivity index (χ2v) is 4.25. The minimum absolute atomic E-state index is 0.235. The van der Waals surface area contributed by atoms with Gasteiger partial charge in [0.25, 0.3) is 0 Å². The first-order valence-electron chi connectivity index (χ1n) is 5.50. The smallest absolute Gasteiger partial charge is 0.0667 e. The third-order valence-electron chi connectivity index (χ3n) is 2.25. The van der Waals surface area contributed by atoms with Gasteiger partial charge in [0, 0.05) is 19.7 Å². The minimum Gasteiger partial charge on any atom is -0.392 e. The van der Waals surface area contributed by atoms with Gasteiger partial charge in [-0.05, 0) is 18.8 Å². The van der Waals surface area contributed by atoms with E-state index in [-0.39, 0.29) is 6.10 Å². The van der Waals surface area contributed by atoms with Crippen LogP contribution >= 0.6 is 0 Å². The van der Waals surface area contributed by atoms with Crippen molar-refractivity contribution in [2.24, 2.45) is 5.92 Å². The van der Waals surface area contributed by atoms with E-state index in [0.29, 0.717) is 25.1 Å². The summed E-state index contributed by atoms with van der Waals surface area (Å²) in [6.45, 7) is 7.74. The van der Waals surface area contributed by atoms with Gasteiger partial charge in [0.15, 0.2) is 0 Å². The summed E-state index contributed by atoms with van der Waals surface area (Å²) in [5, 5.41) is 12.9. The van der Waals surface area contributed by atoms with Crippen LogP contribution in [0.25, 0.3) is 0 Å². The molecule has 0 fully saturated rings. The van der Waals surface area contributed by atoms with Crippen molar-refractivity contribution in [3.63, 3.8) is 0 Å². The van der Waals surface area contributed by atoms with Crippen LogP contribution in [0.5, 0.6) is 0 Å². The molecular weight excluding hydrogens is 178 g/mol. The van der Waals surface area contributed by atoms with E-state index < -0.39 is 0 Å². The predicted molar refractivity (Wildman–Crippen MR) is 59.4 cm³/mol. The molecule has 2 N–H and O–H groups in total. The van der Waals surface area contributed by atoms with Crippen molar-refractivity contribution in [2.45, 2.75) is 45.8 Å². The molecule has 0 saturated carbocycles. The Balaban J connectivity index is 3.56. The number of ether oxygens (including phenoxy) is 1. The van der Waals surface area contributed by atoms with Gasteiger partial charge >= 0.3 is 0 Å². The first kappa shape index (κ1) is 13.9. The second kappa shape index (κ2) is 8.21. The number of methoxy groups -OCH3 is 1. The van der Waals surface area contributed by atoms with Crippen LogP contribution in [0.2, 0.25) is 0 Å². The first-order valence-corrected chi connectivity index (χ1v) is 5.50. The van der Waals surface area contributed by atoms with E-state index in [4.69, 9.17) is 4.74 Å². The van der Waals surface area contributed by atoms with Crippen LogP contribution < -0.4 is 5.32 Å². The summed E-state index contributed by atoms with van der Waals surface area (Å²) in [6.07, 6.45) is 1.65. The van der Waals surface area contributed by atoms with Gasteiger partial charge in [0.05, 0.1) is 12.7 Å². The van der Waals surface area contributed by atoms with Crippen molar-refractivity contribution in [1.29, 1.82) is 0 Å². The lowest BCUT2D eigenvalue weighted by Gasteiger charge is -2.19. The van der Waals surface area contributed by atoms with Gasteiger partial charge in [-0.3, -0.25) is 0 Å². The summed E-state index contributed by atoms with van der Waals surface area (Å²) in [5.41, 5.74) is 0. The molecule has 0 amide bonds. The lowest BCUT2D eigenvalue weighted by Crippen LogP contribution is -2.38. The Morgan fingerprint density at radius 2 is 2.00 bits per heavy atom. The van der Waals surface area contributed by atoms with Crippen molar-refractivity contribution in [2.75, 3.05) is 20.3 Å². The van der Waals surface area contributed by atoms with E-state index in [0.717, 1.165) is 12.8 Å². The van der Waals surface area contributed by atoms with E-state index in [1.54, 1.807) is 7.11 Å². The summed E-state index contributed by atoms with van der Waals surface area (Å²) in [4.78, 5) is 0. The fourth-order valence-corrected chi connectivity index (χ4v) is 1.45. The summed E-state index contributed by atoms with van der Waals surface area (Å²) < 4.78 is 5.06. The molecule has 0 aliphatic rings. The molecule has 0 aromatic rings. The molecule has 0 aliphatic heterocycles. The van der Waals surface area contributed by atoms with E-state index in [1.807, 2.05) is 0 Å². The molecule has 86 valence electrons. The van der Waals surface area contributed by atoms with E-state index >= 15 is 0 Å². The van der Waals surface area contributed by atoms with Crippen molar-refractivity contribution >= 4 is 0 Å². The zero-order chi connectivity index (χ0) is 11.0. The molecule has 0 spiro atoms. The Morgan fingerprint density at radius 3 is 2.43 bits per heavy atom. The molecule has 0 saturated heterocycles. The average Bonchev–Trinajstić information content (AvgIpc) is 2.11. The molecular formula is C11H25NO2. The van der Waals surface area contributed by atoms with Crippen LogP contribution in [0.3, 0.4) is 0 Å². The largest absolute Gasteiger partial charge is 0.392 e. The molecule has 2 atom stereocenters. The fourth-order valence-electron chi connectivity index (χ4n) is 1.45. The zero-order valence-electron chi connectivity index (χ0n) is 9.92. The van der Waals surface area contributed by atoms with Gasteiger partial charge in [-0.2, -0.15) is 0 Å². The quantitative estimate of drug-likeness (QED) is 0.626. The maximum atomic E-state index is 9.63. The van der Waals surface area contributed by atoms with Gasteiger partial charge in [-0.25, -0.2) is 0 Å². The van der Waals surface area contributed by atoms with Gasteiger partial charge < -0.3 is 15.2 Å². The van der Waals surface area contributed by atoms with Crippen LogP contribution in [0, 0.1) is 5.92 Å². The monoisotopic (exact) mass is 203 g/mol. The maximum absolute atomic E-state index is 9.63.